The van der Waals surface area contributed by atoms with Crippen molar-refractivity contribution in [3.8, 4) is 5.75 Å². The first-order chi connectivity index (χ1) is 15.3. The molecule has 1 heterocycles. The fourth-order valence-corrected chi connectivity index (χ4v) is 5.67. The molecule has 4 rings (SSSR count). The predicted octanol–water partition coefficient (Wildman–Crippen LogP) is 4.41. The number of nitro benzene ring substituents is 1. The molecule has 0 N–H and O–H groups in total. The van der Waals surface area contributed by atoms with Crippen LogP contribution in [-0.2, 0) is 14.8 Å². The highest BCUT2D eigenvalue weighted by atomic mass is 35.5. The molecule has 0 amide bonds. The molecule has 0 atom stereocenters. The fraction of sp³-hybridized carbons (Fsp3) is 0.227. The Morgan fingerprint density at radius 3 is 2.41 bits per heavy atom. The first-order valence-corrected chi connectivity index (χ1v) is 11.7. The molecule has 3 aromatic rings. The summed E-state index contributed by atoms with van der Waals surface area (Å²) in [6.45, 7) is 0.164. The first-order valence-electron chi connectivity index (χ1n) is 9.90. The number of rotatable bonds is 5. The number of fused-ring (bicyclic) bond motifs is 1. The molecule has 32 heavy (non-hydrogen) atoms. The van der Waals surface area contributed by atoms with E-state index >= 15 is 0 Å². The van der Waals surface area contributed by atoms with Gasteiger partial charge in [-0.25, -0.2) is 8.42 Å². The molecule has 1 aliphatic rings. The summed E-state index contributed by atoms with van der Waals surface area (Å²) in [4.78, 5) is 22.6. The molecule has 1 fully saturated rings. The van der Waals surface area contributed by atoms with Crippen LogP contribution >= 0.6 is 11.6 Å². The van der Waals surface area contributed by atoms with Gasteiger partial charge in [0.2, 0.25) is 10.0 Å². The Hall–Kier alpha value is -3.01. The van der Waals surface area contributed by atoms with Crippen LogP contribution in [0.4, 0.5) is 5.69 Å². The Kier molecular flexibility index (Phi) is 6.14. The lowest BCUT2D eigenvalue weighted by Crippen LogP contribution is -2.41. The van der Waals surface area contributed by atoms with Gasteiger partial charge in [-0.15, -0.1) is 0 Å². The van der Waals surface area contributed by atoms with Crippen molar-refractivity contribution in [2.24, 2.45) is 5.92 Å². The van der Waals surface area contributed by atoms with E-state index in [1.165, 1.54) is 10.4 Å². The van der Waals surface area contributed by atoms with Crippen molar-refractivity contribution in [2.45, 2.75) is 17.7 Å². The standard InChI is InChI=1S/C22H19ClN2O6S/c23-20-8-6-18(25(27)28)14-21(20)32(29,30)24-11-9-16(10-12-24)22(26)31-19-7-5-15-3-1-2-4-17(15)13-19/h1-8,13-14,16H,9-12H2. The van der Waals surface area contributed by atoms with Crippen molar-refractivity contribution in [1.82, 2.24) is 4.31 Å². The molecule has 8 nitrogen and oxygen atoms in total. The summed E-state index contributed by atoms with van der Waals surface area (Å²) in [6.07, 6.45) is 0.552. The lowest BCUT2D eigenvalue weighted by atomic mass is 9.98. The van der Waals surface area contributed by atoms with E-state index in [0.29, 0.717) is 5.75 Å². The maximum absolute atomic E-state index is 13.0. The number of esters is 1. The quantitative estimate of drug-likeness (QED) is 0.234. The molecular weight excluding hydrogens is 456 g/mol. The van der Waals surface area contributed by atoms with Crippen LogP contribution in [0.3, 0.4) is 0 Å². The summed E-state index contributed by atoms with van der Waals surface area (Å²) >= 11 is 6.01. The number of piperidine rings is 1. The number of halogens is 1. The van der Waals surface area contributed by atoms with Gasteiger partial charge in [0.1, 0.15) is 10.6 Å². The van der Waals surface area contributed by atoms with Crippen LogP contribution in [0.2, 0.25) is 5.02 Å². The lowest BCUT2D eigenvalue weighted by Gasteiger charge is -2.30. The maximum atomic E-state index is 13.0. The Morgan fingerprint density at radius 2 is 1.72 bits per heavy atom. The highest BCUT2D eigenvalue weighted by molar-refractivity contribution is 7.89. The number of hydrogen-bond acceptors (Lipinski definition) is 6. The summed E-state index contributed by atoms with van der Waals surface area (Å²) in [5.74, 6) is -0.425. The van der Waals surface area contributed by atoms with Crippen molar-refractivity contribution >= 4 is 44.1 Å². The monoisotopic (exact) mass is 474 g/mol. The Bertz CT molecular complexity index is 1300. The second-order valence-electron chi connectivity index (χ2n) is 7.48. The predicted molar refractivity (Wildman–Crippen MR) is 119 cm³/mol. The molecule has 1 aliphatic heterocycles. The van der Waals surface area contributed by atoms with Crippen LogP contribution < -0.4 is 4.74 Å². The highest BCUT2D eigenvalue weighted by Crippen LogP contribution is 2.31. The van der Waals surface area contributed by atoms with Gasteiger partial charge in [0.15, 0.2) is 0 Å². The van der Waals surface area contributed by atoms with E-state index in [0.717, 1.165) is 22.9 Å². The molecule has 166 valence electrons. The van der Waals surface area contributed by atoms with E-state index in [9.17, 15) is 23.3 Å². The largest absolute Gasteiger partial charge is 0.426 e. The number of nitrogens with zero attached hydrogens (tertiary/aromatic N) is 2. The van der Waals surface area contributed by atoms with E-state index in [4.69, 9.17) is 16.3 Å². The summed E-state index contributed by atoms with van der Waals surface area (Å²) < 4.78 is 32.7. The van der Waals surface area contributed by atoms with E-state index < -0.39 is 26.8 Å². The molecule has 0 saturated carbocycles. The van der Waals surface area contributed by atoms with Crippen molar-refractivity contribution < 1.29 is 22.9 Å². The summed E-state index contributed by atoms with van der Waals surface area (Å²) in [5.41, 5.74) is -0.359. The fourth-order valence-electron chi connectivity index (χ4n) is 3.70. The Morgan fingerprint density at radius 1 is 1.03 bits per heavy atom. The molecule has 0 bridgehead atoms. The third-order valence-electron chi connectivity index (χ3n) is 5.47. The van der Waals surface area contributed by atoms with E-state index in [-0.39, 0.29) is 41.5 Å². The number of carbonyl (C=O) groups is 1. The van der Waals surface area contributed by atoms with Gasteiger partial charge in [-0.3, -0.25) is 14.9 Å². The average molecular weight is 475 g/mol. The highest BCUT2D eigenvalue weighted by Gasteiger charge is 2.34. The van der Waals surface area contributed by atoms with Crippen LogP contribution in [0.5, 0.6) is 5.75 Å². The molecule has 1 saturated heterocycles. The normalized spacial score (nSPS) is 15.5. The minimum Gasteiger partial charge on any atom is -0.426 e. The van der Waals surface area contributed by atoms with Crippen LogP contribution in [0, 0.1) is 16.0 Å². The average Bonchev–Trinajstić information content (AvgIpc) is 2.79. The lowest BCUT2D eigenvalue weighted by molar-refractivity contribution is -0.385. The summed E-state index contributed by atoms with van der Waals surface area (Å²) in [6, 6.07) is 16.4. The second kappa shape index (κ2) is 8.85. The van der Waals surface area contributed by atoms with Crippen LogP contribution in [0.15, 0.2) is 65.6 Å². The van der Waals surface area contributed by atoms with Crippen LogP contribution in [0.1, 0.15) is 12.8 Å². The number of benzene rings is 3. The molecule has 0 aromatic heterocycles. The summed E-state index contributed by atoms with van der Waals surface area (Å²) in [7, 11) is -4.04. The molecule has 0 unspecified atom stereocenters. The van der Waals surface area contributed by atoms with E-state index in [2.05, 4.69) is 0 Å². The van der Waals surface area contributed by atoms with Crippen molar-refractivity contribution in [3.05, 3.63) is 75.8 Å². The van der Waals surface area contributed by atoms with Crippen LogP contribution in [0.25, 0.3) is 10.8 Å². The number of nitro groups is 1. The van der Waals surface area contributed by atoms with Crippen molar-refractivity contribution in [3.63, 3.8) is 0 Å². The number of hydrogen-bond donors (Lipinski definition) is 0. The van der Waals surface area contributed by atoms with E-state index in [1.54, 1.807) is 12.1 Å². The molecule has 3 aromatic carbocycles. The topological polar surface area (TPSA) is 107 Å². The third kappa shape index (κ3) is 4.45. The minimum absolute atomic E-state index is 0.0822. The Labute approximate surface area is 189 Å². The van der Waals surface area contributed by atoms with Crippen molar-refractivity contribution in [2.75, 3.05) is 13.1 Å². The molecule has 0 spiro atoms. The van der Waals surface area contributed by atoms with Gasteiger partial charge in [-0.2, -0.15) is 4.31 Å². The smallest absolute Gasteiger partial charge is 0.314 e. The number of carbonyl (C=O) groups excluding carboxylic acids is 1. The minimum atomic E-state index is -4.04. The first kappa shape index (κ1) is 22.2. The molecule has 0 radical (unpaired) electrons. The zero-order chi connectivity index (χ0) is 22.9. The van der Waals surface area contributed by atoms with Gasteiger partial charge in [-0.1, -0.05) is 41.9 Å². The zero-order valence-corrected chi connectivity index (χ0v) is 18.4. The van der Waals surface area contributed by atoms with Gasteiger partial charge >= 0.3 is 5.97 Å². The SMILES string of the molecule is O=C(Oc1ccc2ccccc2c1)C1CCN(S(=O)(=O)c2cc([N+](=O)[O-])ccc2Cl)CC1. The van der Waals surface area contributed by atoms with E-state index in [1.807, 2.05) is 30.3 Å². The number of ether oxygens (including phenoxy) is 1. The molecule has 0 aliphatic carbocycles. The maximum Gasteiger partial charge on any atom is 0.314 e. The van der Waals surface area contributed by atoms with Crippen molar-refractivity contribution in [1.29, 1.82) is 0 Å². The third-order valence-corrected chi connectivity index (χ3v) is 7.85. The van der Waals surface area contributed by atoms with Gasteiger partial charge in [0, 0.05) is 25.2 Å². The van der Waals surface area contributed by atoms with Crippen LogP contribution in [-0.4, -0.2) is 36.7 Å². The number of non-ortho nitro benzene ring substituents is 1. The zero-order valence-electron chi connectivity index (χ0n) is 16.8. The Balaban J connectivity index is 1.43. The van der Waals surface area contributed by atoms with Gasteiger partial charge in [0.05, 0.1) is 15.9 Å². The molecule has 10 heteroatoms. The summed E-state index contributed by atoms with van der Waals surface area (Å²) in [5, 5.41) is 12.9. The molecular formula is C22H19ClN2O6S. The number of sulfonamides is 1. The second-order valence-corrected chi connectivity index (χ2v) is 9.79. The van der Waals surface area contributed by atoms with Gasteiger partial charge < -0.3 is 4.74 Å². The van der Waals surface area contributed by atoms with Gasteiger partial charge in [-0.05, 0) is 41.8 Å². The van der Waals surface area contributed by atoms with Gasteiger partial charge in [0.25, 0.3) is 5.69 Å².